The first-order valence-corrected chi connectivity index (χ1v) is 8.27. The smallest absolute Gasteiger partial charge is 0.247 e. The van der Waals surface area contributed by atoms with Crippen molar-refractivity contribution in [3.05, 3.63) is 0 Å². The molecule has 3 fully saturated rings. The summed E-state index contributed by atoms with van der Waals surface area (Å²) in [5.74, 6) is 1.56. The van der Waals surface area contributed by atoms with E-state index in [0.29, 0.717) is 12.5 Å². The second-order valence-corrected chi connectivity index (χ2v) is 6.70. The fourth-order valence-electron chi connectivity index (χ4n) is 3.62. The van der Waals surface area contributed by atoms with Crippen molar-refractivity contribution in [2.24, 2.45) is 11.8 Å². The lowest BCUT2D eigenvalue weighted by atomic mass is 10.1. The maximum absolute atomic E-state index is 12.5. The summed E-state index contributed by atoms with van der Waals surface area (Å²) in [5, 5.41) is 3.54. The number of hydrogen-bond donors (Lipinski definition) is 1. The lowest BCUT2D eigenvalue weighted by molar-refractivity contribution is -0.141. The van der Waals surface area contributed by atoms with E-state index in [0.717, 1.165) is 24.7 Å². The topological polar surface area (TPSA) is 49.4 Å². The standard InChI is InChI=1S/C16H26N2O2/c1-3-12(4-2)18-14(19)9-13(16(18)20)17-15(10-5-6-10)11-7-8-11/h10-13,15,17H,3-9H2,1-2H3. The van der Waals surface area contributed by atoms with Crippen molar-refractivity contribution < 1.29 is 9.59 Å². The van der Waals surface area contributed by atoms with E-state index in [9.17, 15) is 9.59 Å². The van der Waals surface area contributed by atoms with Crippen molar-refractivity contribution in [3.63, 3.8) is 0 Å². The van der Waals surface area contributed by atoms with Gasteiger partial charge in [-0.05, 0) is 50.4 Å². The maximum Gasteiger partial charge on any atom is 0.247 e. The first kappa shape index (κ1) is 14.1. The van der Waals surface area contributed by atoms with Gasteiger partial charge in [0.15, 0.2) is 0 Å². The highest BCUT2D eigenvalue weighted by Crippen LogP contribution is 2.45. The van der Waals surface area contributed by atoms with Crippen LogP contribution in [-0.2, 0) is 9.59 Å². The van der Waals surface area contributed by atoms with Crippen LogP contribution in [0.15, 0.2) is 0 Å². The van der Waals surface area contributed by atoms with Gasteiger partial charge >= 0.3 is 0 Å². The van der Waals surface area contributed by atoms with E-state index in [1.807, 2.05) is 13.8 Å². The van der Waals surface area contributed by atoms with Crippen LogP contribution >= 0.6 is 0 Å². The fourth-order valence-corrected chi connectivity index (χ4v) is 3.62. The predicted octanol–water partition coefficient (Wildman–Crippen LogP) is 2.08. The van der Waals surface area contributed by atoms with Crippen LogP contribution in [-0.4, -0.2) is 34.8 Å². The van der Waals surface area contributed by atoms with E-state index in [1.54, 1.807) is 0 Å². The van der Waals surface area contributed by atoms with E-state index in [4.69, 9.17) is 0 Å². The van der Waals surface area contributed by atoms with Crippen molar-refractivity contribution in [1.29, 1.82) is 0 Å². The summed E-state index contributed by atoms with van der Waals surface area (Å²) in [6.45, 7) is 4.10. The Bertz CT molecular complexity index is 385. The zero-order chi connectivity index (χ0) is 14.3. The molecule has 0 aromatic heterocycles. The van der Waals surface area contributed by atoms with E-state index in [1.165, 1.54) is 30.6 Å². The summed E-state index contributed by atoms with van der Waals surface area (Å²) in [7, 11) is 0. The molecule has 1 N–H and O–H groups in total. The molecule has 0 bridgehead atoms. The third-order valence-electron chi connectivity index (χ3n) is 5.14. The molecule has 4 heteroatoms. The van der Waals surface area contributed by atoms with Crippen molar-refractivity contribution in [1.82, 2.24) is 10.2 Å². The Morgan fingerprint density at radius 2 is 1.65 bits per heavy atom. The first-order chi connectivity index (χ1) is 9.65. The minimum absolute atomic E-state index is 0.0199. The largest absolute Gasteiger partial charge is 0.302 e. The van der Waals surface area contributed by atoms with Crippen LogP contribution in [0.3, 0.4) is 0 Å². The number of hydrogen-bond acceptors (Lipinski definition) is 3. The van der Waals surface area contributed by atoms with Crippen LogP contribution < -0.4 is 5.32 Å². The van der Waals surface area contributed by atoms with Crippen LogP contribution in [0.5, 0.6) is 0 Å². The summed E-state index contributed by atoms with van der Waals surface area (Å²) < 4.78 is 0. The molecule has 3 rings (SSSR count). The van der Waals surface area contributed by atoms with Crippen molar-refractivity contribution in [3.8, 4) is 0 Å². The molecular formula is C16H26N2O2. The zero-order valence-corrected chi connectivity index (χ0v) is 12.6. The Hall–Kier alpha value is -0.900. The van der Waals surface area contributed by atoms with E-state index >= 15 is 0 Å². The van der Waals surface area contributed by atoms with E-state index in [2.05, 4.69) is 5.32 Å². The molecule has 2 aliphatic carbocycles. The Morgan fingerprint density at radius 1 is 1.10 bits per heavy atom. The molecule has 0 spiro atoms. The second kappa shape index (κ2) is 5.47. The molecule has 20 heavy (non-hydrogen) atoms. The van der Waals surface area contributed by atoms with Crippen molar-refractivity contribution in [2.75, 3.05) is 0 Å². The average Bonchev–Trinajstić information content (AvgIpc) is 3.32. The molecule has 3 aliphatic rings. The van der Waals surface area contributed by atoms with Gasteiger partial charge in [-0.25, -0.2) is 0 Å². The summed E-state index contributed by atoms with van der Waals surface area (Å²) >= 11 is 0. The summed E-state index contributed by atoms with van der Waals surface area (Å²) in [6.07, 6.45) is 7.24. The van der Waals surface area contributed by atoms with Gasteiger partial charge in [0.05, 0.1) is 12.5 Å². The predicted molar refractivity (Wildman–Crippen MR) is 77.0 cm³/mol. The molecule has 0 radical (unpaired) electrons. The van der Waals surface area contributed by atoms with Gasteiger partial charge in [-0.3, -0.25) is 14.5 Å². The van der Waals surface area contributed by atoms with Gasteiger partial charge in [-0.1, -0.05) is 13.8 Å². The van der Waals surface area contributed by atoms with Crippen LogP contribution in [0.1, 0.15) is 58.8 Å². The molecule has 2 amide bonds. The lowest BCUT2D eigenvalue weighted by Crippen LogP contribution is -2.47. The number of nitrogens with zero attached hydrogens (tertiary/aromatic N) is 1. The van der Waals surface area contributed by atoms with Gasteiger partial charge in [0.25, 0.3) is 0 Å². The number of carbonyl (C=O) groups excluding carboxylic acids is 2. The summed E-state index contributed by atoms with van der Waals surface area (Å²) in [5.41, 5.74) is 0. The SMILES string of the molecule is CCC(CC)N1C(=O)CC(NC(C2CC2)C2CC2)C1=O. The minimum atomic E-state index is -0.255. The zero-order valence-electron chi connectivity index (χ0n) is 12.6. The molecule has 2 saturated carbocycles. The van der Waals surface area contributed by atoms with Crippen LogP contribution in [0.25, 0.3) is 0 Å². The summed E-state index contributed by atoms with van der Waals surface area (Å²) in [4.78, 5) is 26.2. The van der Waals surface area contributed by atoms with Gasteiger partial charge in [0, 0.05) is 12.1 Å². The van der Waals surface area contributed by atoms with Crippen LogP contribution in [0.4, 0.5) is 0 Å². The van der Waals surface area contributed by atoms with Gasteiger partial charge in [0.1, 0.15) is 0 Å². The Balaban J connectivity index is 1.65. The fraction of sp³-hybridized carbons (Fsp3) is 0.875. The summed E-state index contributed by atoms with van der Waals surface area (Å²) in [6, 6.07) is 0.315. The molecule has 1 unspecified atom stereocenters. The highest BCUT2D eigenvalue weighted by Gasteiger charge is 2.47. The molecule has 1 heterocycles. The molecule has 1 aliphatic heterocycles. The highest BCUT2D eigenvalue weighted by atomic mass is 16.2. The molecule has 0 aromatic rings. The van der Waals surface area contributed by atoms with Gasteiger partial charge < -0.3 is 5.32 Å². The molecule has 1 atom stereocenters. The van der Waals surface area contributed by atoms with Crippen LogP contribution in [0, 0.1) is 11.8 Å². The molecule has 1 saturated heterocycles. The van der Waals surface area contributed by atoms with Crippen molar-refractivity contribution >= 4 is 11.8 Å². The number of carbonyl (C=O) groups is 2. The minimum Gasteiger partial charge on any atom is -0.302 e. The number of amides is 2. The van der Waals surface area contributed by atoms with E-state index in [-0.39, 0.29) is 23.9 Å². The first-order valence-electron chi connectivity index (χ1n) is 8.27. The van der Waals surface area contributed by atoms with Crippen molar-refractivity contribution in [2.45, 2.75) is 76.9 Å². The van der Waals surface area contributed by atoms with Crippen LogP contribution in [0.2, 0.25) is 0 Å². The molecular weight excluding hydrogens is 252 g/mol. The Morgan fingerprint density at radius 3 is 2.10 bits per heavy atom. The normalized spacial score (nSPS) is 27.2. The Labute approximate surface area is 121 Å². The van der Waals surface area contributed by atoms with Gasteiger partial charge in [0.2, 0.25) is 11.8 Å². The third-order valence-corrected chi connectivity index (χ3v) is 5.14. The van der Waals surface area contributed by atoms with Gasteiger partial charge in [-0.15, -0.1) is 0 Å². The quantitative estimate of drug-likeness (QED) is 0.725. The van der Waals surface area contributed by atoms with Gasteiger partial charge in [-0.2, -0.15) is 0 Å². The molecule has 0 aromatic carbocycles. The number of likely N-dealkylation sites (tertiary alicyclic amines) is 1. The monoisotopic (exact) mass is 278 g/mol. The molecule has 112 valence electrons. The lowest BCUT2D eigenvalue weighted by Gasteiger charge is -2.26. The molecule has 4 nitrogen and oxygen atoms in total. The third kappa shape index (κ3) is 2.62. The van der Waals surface area contributed by atoms with E-state index < -0.39 is 0 Å². The number of imide groups is 1. The maximum atomic E-state index is 12.5. The average molecular weight is 278 g/mol. The Kier molecular flexibility index (Phi) is 3.85. The highest BCUT2D eigenvalue weighted by molar-refractivity contribution is 6.05. The second-order valence-electron chi connectivity index (χ2n) is 6.70. The number of nitrogens with one attached hydrogen (secondary N) is 1. The number of rotatable bonds is 7.